The van der Waals surface area contributed by atoms with Crippen molar-refractivity contribution in [2.75, 3.05) is 0 Å². The van der Waals surface area contributed by atoms with Gasteiger partial charge in [0.1, 0.15) is 34.3 Å². The average molecular weight is 457 g/mol. The average Bonchev–Trinajstić information content (AvgIpc) is 3.04. The first-order chi connectivity index (χ1) is 14.8. The van der Waals surface area contributed by atoms with E-state index in [4.69, 9.17) is 27.6 Å². The standard InChI is InChI=1S/C24H12Cl2F2O3/c25-11-1-3-13(19(27)5-11)15-9-23-17(7-21(15)29)18-8-22(30)16(10-24(18)31-23)14-4-2-12(26)6-20(14)28/h1-10,29-30H. The summed E-state index contributed by atoms with van der Waals surface area (Å²) in [6.07, 6.45) is 0. The molecule has 2 N–H and O–H groups in total. The van der Waals surface area contributed by atoms with Crippen LogP contribution in [0.5, 0.6) is 11.5 Å². The molecule has 4 aromatic carbocycles. The third-order valence-corrected chi connectivity index (χ3v) is 5.62. The van der Waals surface area contributed by atoms with Crippen LogP contribution in [0.3, 0.4) is 0 Å². The van der Waals surface area contributed by atoms with Crippen LogP contribution in [0, 0.1) is 11.6 Å². The molecule has 0 saturated carbocycles. The number of benzene rings is 4. The normalized spacial score (nSPS) is 11.5. The van der Waals surface area contributed by atoms with E-state index in [1.165, 1.54) is 48.5 Å². The van der Waals surface area contributed by atoms with Gasteiger partial charge in [-0.25, -0.2) is 8.78 Å². The van der Waals surface area contributed by atoms with E-state index in [1.54, 1.807) is 0 Å². The zero-order valence-electron chi connectivity index (χ0n) is 15.6. The van der Waals surface area contributed by atoms with Gasteiger partial charge in [0.15, 0.2) is 0 Å². The van der Waals surface area contributed by atoms with Crippen LogP contribution in [0.2, 0.25) is 10.0 Å². The lowest BCUT2D eigenvalue weighted by atomic mass is 9.99. The maximum absolute atomic E-state index is 14.4. The highest BCUT2D eigenvalue weighted by atomic mass is 35.5. The van der Waals surface area contributed by atoms with Crippen LogP contribution < -0.4 is 0 Å². The number of fused-ring (bicyclic) bond motifs is 3. The minimum Gasteiger partial charge on any atom is -0.507 e. The summed E-state index contributed by atoms with van der Waals surface area (Å²) >= 11 is 11.6. The Balaban J connectivity index is 1.73. The van der Waals surface area contributed by atoms with Gasteiger partial charge in [0, 0.05) is 43.1 Å². The van der Waals surface area contributed by atoms with E-state index < -0.39 is 11.6 Å². The predicted octanol–water partition coefficient (Wildman–Crippen LogP) is 7.92. The van der Waals surface area contributed by atoms with E-state index in [1.807, 2.05) is 0 Å². The molecule has 154 valence electrons. The minimum atomic E-state index is -0.587. The highest BCUT2D eigenvalue weighted by Gasteiger charge is 2.18. The van der Waals surface area contributed by atoms with Gasteiger partial charge in [-0.15, -0.1) is 0 Å². The van der Waals surface area contributed by atoms with Crippen LogP contribution in [0.4, 0.5) is 8.78 Å². The summed E-state index contributed by atoms with van der Waals surface area (Å²) in [5.41, 5.74) is 1.52. The highest BCUT2D eigenvalue weighted by Crippen LogP contribution is 2.42. The summed E-state index contributed by atoms with van der Waals surface area (Å²) in [4.78, 5) is 0. The summed E-state index contributed by atoms with van der Waals surface area (Å²) in [5, 5.41) is 22.6. The quantitative estimate of drug-likeness (QED) is 0.283. The molecule has 5 rings (SSSR count). The summed E-state index contributed by atoms with van der Waals surface area (Å²) < 4.78 is 34.6. The number of phenolic OH excluding ortho intramolecular Hbond substituents is 2. The van der Waals surface area contributed by atoms with Crippen molar-refractivity contribution < 1.29 is 23.4 Å². The lowest BCUT2D eigenvalue weighted by molar-refractivity contribution is 0.476. The molecule has 0 bridgehead atoms. The van der Waals surface area contributed by atoms with E-state index in [0.29, 0.717) is 21.9 Å². The van der Waals surface area contributed by atoms with E-state index in [-0.39, 0.29) is 43.8 Å². The Morgan fingerprint density at radius 1 is 0.581 bits per heavy atom. The molecule has 0 atom stereocenters. The highest BCUT2D eigenvalue weighted by molar-refractivity contribution is 6.31. The molecule has 0 aliphatic rings. The van der Waals surface area contributed by atoms with E-state index in [9.17, 15) is 19.0 Å². The first-order valence-electron chi connectivity index (χ1n) is 9.15. The van der Waals surface area contributed by atoms with Gasteiger partial charge >= 0.3 is 0 Å². The smallest absolute Gasteiger partial charge is 0.136 e. The monoisotopic (exact) mass is 456 g/mol. The first kappa shape index (κ1) is 19.7. The molecule has 1 heterocycles. The van der Waals surface area contributed by atoms with Gasteiger partial charge in [-0.1, -0.05) is 23.2 Å². The SMILES string of the molecule is Oc1cc2c(cc1-c1ccc(Cl)cc1F)oc1cc(-c3ccc(Cl)cc3F)c(O)cc12. The third kappa shape index (κ3) is 3.26. The number of hydrogen-bond donors (Lipinski definition) is 2. The molecular formula is C24H12Cl2F2O3. The summed E-state index contributed by atoms with van der Waals surface area (Å²) in [5.74, 6) is -1.50. The Morgan fingerprint density at radius 2 is 1.00 bits per heavy atom. The van der Waals surface area contributed by atoms with Crippen molar-refractivity contribution in [2.45, 2.75) is 0 Å². The number of rotatable bonds is 2. The predicted molar refractivity (Wildman–Crippen MR) is 118 cm³/mol. The van der Waals surface area contributed by atoms with Crippen molar-refractivity contribution in [2.24, 2.45) is 0 Å². The van der Waals surface area contributed by atoms with Crippen molar-refractivity contribution in [3.63, 3.8) is 0 Å². The molecule has 31 heavy (non-hydrogen) atoms. The number of halogens is 4. The third-order valence-electron chi connectivity index (χ3n) is 5.15. The Hall–Kier alpha value is -3.28. The van der Waals surface area contributed by atoms with Crippen molar-refractivity contribution in [3.05, 3.63) is 82.3 Å². The molecule has 0 amide bonds. The Labute approximate surface area is 184 Å². The number of furan rings is 1. The molecular weight excluding hydrogens is 445 g/mol. The molecule has 3 nitrogen and oxygen atoms in total. The van der Waals surface area contributed by atoms with Gasteiger partial charge in [-0.2, -0.15) is 0 Å². The second-order valence-electron chi connectivity index (χ2n) is 7.08. The lowest BCUT2D eigenvalue weighted by Gasteiger charge is -2.07. The molecule has 0 spiro atoms. The number of hydrogen-bond acceptors (Lipinski definition) is 3. The zero-order valence-corrected chi connectivity index (χ0v) is 17.1. The number of aromatic hydroxyl groups is 2. The topological polar surface area (TPSA) is 53.6 Å². The fourth-order valence-corrected chi connectivity index (χ4v) is 4.01. The summed E-state index contributed by atoms with van der Waals surface area (Å²) in [7, 11) is 0. The molecule has 1 aromatic heterocycles. The van der Waals surface area contributed by atoms with Gasteiger partial charge in [-0.3, -0.25) is 0 Å². The molecule has 0 fully saturated rings. The maximum Gasteiger partial charge on any atom is 0.136 e. The van der Waals surface area contributed by atoms with E-state index >= 15 is 0 Å². The van der Waals surface area contributed by atoms with Crippen molar-refractivity contribution >= 4 is 45.1 Å². The van der Waals surface area contributed by atoms with Gasteiger partial charge in [-0.05, 0) is 60.7 Å². The van der Waals surface area contributed by atoms with Crippen LogP contribution in [0.15, 0.2) is 65.1 Å². The van der Waals surface area contributed by atoms with Crippen LogP contribution >= 0.6 is 23.2 Å². The van der Waals surface area contributed by atoms with Crippen molar-refractivity contribution in [3.8, 4) is 33.8 Å². The van der Waals surface area contributed by atoms with Crippen LogP contribution in [0.1, 0.15) is 0 Å². The zero-order chi connectivity index (χ0) is 21.9. The van der Waals surface area contributed by atoms with Crippen molar-refractivity contribution in [1.29, 1.82) is 0 Å². The van der Waals surface area contributed by atoms with Crippen LogP contribution in [-0.4, -0.2) is 10.2 Å². The molecule has 0 unspecified atom stereocenters. The summed E-state index contributed by atoms with van der Waals surface area (Å²) in [6, 6.07) is 14.2. The largest absolute Gasteiger partial charge is 0.507 e. The van der Waals surface area contributed by atoms with Crippen LogP contribution in [-0.2, 0) is 0 Å². The molecule has 0 aliphatic carbocycles. The van der Waals surface area contributed by atoms with Gasteiger partial charge in [0.05, 0.1) is 0 Å². The maximum atomic E-state index is 14.4. The van der Waals surface area contributed by atoms with Gasteiger partial charge in [0.25, 0.3) is 0 Å². The minimum absolute atomic E-state index is 0.163. The second kappa shape index (κ2) is 7.15. The fourth-order valence-electron chi connectivity index (χ4n) is 3.69. The van der Waals surface area contributed by atoms with Crippen LogP contribution in [0.25, 0.3) is 44.2 Å². The van der Waals surface area contributed by atoms with E-state index in [0.717, 1.165) is 12.1 Å². The van der Waals surface area contributed by atoms with E-state index in [2.05, 4.69) is 0 Å². The van der Waals surface area contributed by atoms with Gasteiger partial charge < -0.3 is 14.6 Å². The fraction of sp³-hybridized carbons (Fsp3) is 0. The molecule has 0 aliphatic heterocycles. The van der Waals surface area contributed by atoms with Crippen molar-refractivity contribution in [1.82, 2.24) is 0 Å². The Bertz CT molecular complexity index is 1400. The second-order valence-corrected chi connectivity index (χ2v) is 7.95. The molecule has 0 saturated heterocycles. The van der Waals surface area contributed by atoms with Gasteiger partial charge in [0.2, 0.25) is 0 Å². The molecule has 5 aromatic rings. The Kier molecular flexibility index (Phi) is 4.54. The summed E-state index contributed by atoms with van der Waals surface area (Å²) in [6.45, 7) is 0. The molecule has 7 heteroatoms. The Morgan fingerprint density at radius 3 is 1.39 bits per heavy atom. The number of phenols is 2. The first-order valence-corrected chi connectivity index (χ1v) is 9.90. The lowest BCUT2D eigenvalue weighted by Crippen LogP contribution is -1.86. The molecule has 0 radical (unpaired) electrons.